The molecule has 0 saturated carbocycles. The van der Waals surface area contributed by atoms with Crippen molar-refractivity contribution in [2.75, 3.05) is 23.7 Å². The lowest BCUT2D eigenvalue weighted by molar-refractivity contribution is -0.140. The summed E-state index contributed by atoms with van der Waals surface area (Å²) in [7, 11) is -4.21. The third kappa shape index (κ3) is 9.64. The quantitative estimate of drug-likeness (QED) is 0.146. The Morgan fingerprint density at radius 1 is 0.875 bits per heavy atom. The molecular formula is C38H45N3O5S2. The summed E-state index contributed by atoms with van der Waals surface area (Å²) in [4.78, 5) is 31.3. The molecule has 2 amide bonds. The molecule has 0 aliphatic heterocycles. The molecule has 1 N–H and O–H groups in total. The Labute approximate surface area is 289 Å². The van der Waals surface area contributed by atoms with Crippen molar-refractivity contribution in [2.45, 2.75) is 69.0 Å². The minimum absolute atomic E-state index is 0.0544. The summed E-state index contributed by atoms with van der Waals surface area (Å²) >= 11 is 1.50. The van der Waals surface area contributed by atoms with E-state index in [0.717, 1.165) is 25.9 Å². The van der Waals surface area contributed by atoms with Gasteiger partial charge in [0, 0.05) is 23.4 Å². The van der Waals surface area contributed by atoms with Crippen LogP contribution in [0.15, 0.2) is 113 Å². The summed E-state index contributed by atoms with van der Waals surface area (Å²) in [5.41, 5.74) is 2.42. The van der Waals surface area contributed by atoms with Crippen LogP contribution in [0.25, 0.3) is 0 Å². The van der Waals surface area contributed by atoms with Gasteiger partial charge in [-0.15, -0.1) is 11.8 Å². The van der Waals surface area contributed by atoms with Crippen molar-refractivity contribution >= 4 is 39.3 Å². The molecule has 4 aromatic carbocycles. The van der Waals surface area contributed by atoms with E-state index in [0.29, 0.717) is 18.0 Å². The highest BCUT2D eigenvalue weighted by atomic mass is 32.2. The number of ether oxygens (including phenoxy) is 1. The van der Waals surface area contributed by atoms with E-state index in [4.69, 9.17) is 4.74 Å². The standard InChI is InChI=1S/C38H45N3O5S2/c1-7-46-32-19-17-31(18-20-32)41(48(44,45)34-23-21-33(47-6)22-24-34)27-36(42)40(26-30-16-12-11-13-28(30)2)35(37(43)39-38(3,4)5)25-29-14-9-8-10-15-29/h8-24,35H,7,25-27H2,1-6H3,(H,39,43)/t35-/m0/s1. The van der Waals surface area contributed by atoms with Gasteiger partial charge in [0.05, 0.1) is 17.2 Å². The van der Waals surface area contributed by atoms with E-state index in [1.165, 1.54) is 16.7 Å². The van der Waals surface area contributed by atoms with Gasteiger partial charge < -0.3 is 15.0 Å². The maximum Gasteiger partial charge on any atom is 0.264 e. The van der Waals surface area contributed by atoms with Crippen LogP contribution in [0.4, 0.5) is 5.69 Å². The van der Waals surface area contributed by atoms with Crippen LogP contribution in [0.1, 0.15) is 44.4 Å². The summed E-state index contributed by atoms with van der Waals surface area (Å²) in [6.07, 6.45) is 2.16. The fourth-order valence-electron chi connectivity index (χ4n) is 5.26. The summed E-state index contributed by atoms with van der Waals surface area (Å²) in [6, 6.07) is 29.5. The van der Waals surface area contributed by atoms with Gasteiger partial charge in [-0.1, -0.05) is 54.6 Å². The molecule has 4 aromatic rings. The monoisotopic (exact) mass is 687 g/mol. The van der Waals surface area contributed by atoms with Crippen molar-refractivity contribution in [1.82, 2.24) is 10.2 Å². The molecule has 0 aliphatic rings. The Morgan fingerprint density at radius 3 is 2.08 bits per heavy atom. The zero-order valence-electron chi connectivity index (χ0n) is 28.5. The van der Waals surface area contributed by atoms with E-state index in [1.54, 1.807) is 48.5 Å². The van der Waals surface area contributed by atoms with Gasteiger partial charge >= 0.3 is 0 Å². The Kier molecular flexibility index (Phi) is 12.3. The molecule has 1 atom stereocenters. The van der Waals surface area contributed by atoms with Crippen LogP contribution >= 0.6 is 11.8 Å². The van der Waals surface area contributed by atoms with Crippen LogP contribution in [0.5, 0.6) is 5.75 Å². The maximum absolute atomic E-state index is 14.7. The van der Waals surface area contributed by atoms with Crippen LogP contribution in [0.2, 0.25) is 0 Å². The highest BCUT2D eigenvalue weighted by Gasteiger charge is 2.35. The predicted molar refractivity (Wildman–Crippen MR) is 194 cm³/mol. The van der Waals surface area contributed by atoms with Crippen LogP contribution in [0, 0.1) is 6.92 Å². The number of hydrogen-bond donors (Lipinski definition) is 1. The molecule has 0 spiro atoms. The fraction of sp³-hybridized carbons (Fsp3) is 0.316. The number of anilines is 1. The van der Waals surface area contributed by atoms with Gasteiger partial charge in [-0.3, -0.25) is 13.9 Å². The summed E-state index contributed by atoms with van der Waals surface area (Å²) in [6.45, 7) is 9.53. The van der Waals surface area contributed by atoms with Gasteiger partial charge in [-0.25, -0.2) is 8.42 Å². The molecule has 8 nitrogen and oxygen atoms in total. The first-order valence-corrected chi connectivity index (χ1v) is 18.6. The third-order valence-corrected chi connectivity index (χ3v) is 10.3. The molecule has 0 heterocycles. The first-order valence-electron chi connectivity index (χ1n) is 15.9. The number of carbonyl (C=O) groups is 2. The Hall–Kier alpha value is -4.28. The van der Waals surface area contributed by atoms with E-state index >= 15 is 0 Å². The molecule has 0 radical (unpaired) electrons. The fourth-order valence-corrected chi connectivity index (χ4v) is 7.08. The van der Waals surface area contributed by atoms with Crippen LogP contribution in [-0.2, 0) is 32.6 Å². The van der Waals surface area contributed by atoms with Crippen molar-refractivity contribution < 1.29 is 22.7 Å². The van der Waals surface area contributed by atoms with Crippen LogP contribution in [-0.4, -0.2) is 56.1 Å². The molecule has 10 heteroatoms. The second kappa shape index (κ2) is 16.2. The minimum Gasteiger partial charge on any atom is -0.494 e. The first kappa shape index (κ1) is 36.6. The van der Waals surface area contributed by atoms with Gasteiger partial charge in [0.25, 0.3) is 10.0 Å². The van der Waals surface area contributed by atoms with E-state index < -0.39 is 34.1 Å². The lowest BCUT2D eigenvalue weighted by Crippen LogP contribution is -2.56. The Morgan fingerprint density at radius 2 is 1.50 bits per heavy atom. The summed E-state index contributed by atoms with van der Waals surface area (Å²) in [5.74, 6) is -0.255. The van der Waals surface area contributed by atoms with Crippen LogP contribution < -0.4 is 14.4 Å². The van der Waals surface area contributed by atoms with Gasteiger partial charge in [0.2, 0.25) is 11.8 Å². The highest BCUT2D eigenvalue weighted by Crippen LogP contribution is 2.28. The topological polar surface area (TPSA) is 96.0 Å². The molecular weight excluding hydrogens is 643 g/mol. The van der Waals surface area contributed by atoms with Gasteiger partial charge in [0.1, 0.15) is 18.3 Å². The lowest BCUT2D eigenvalue weighted by atomic mass is 10.00. The van der Waals surface area contributed by atoms with E-state index in [2.05, 4.69) is 5.32 Å². The predicted octanol–water partition coefficient (Wildman–Crippen LogP) is 6.87. The normalized spacial score (nSPS) is 12.2. The number of benzene rings is 4. The van der Waals surface area contributed by atoms with Crippen molar-refractivity contribution in [1.29, 1.82) is 0 Å². The largest absolute Gasteiger partial charge is 0.494 e. The van der Waals surface area contributed by atoms with E-state index in [1.807, 2.05) is 95.5 Å². The van der Waals surface area contributed by atoms with Crippen molar-refractivity contribution in [3.63, 3.8) is 0 Å². The molecule has 254 valence electrons. The Bertz CT molecular complexity index is 1770. The summed E-state index contributed by atoms with van der Waals surface area (Å²) < 4.78 is 35.4. The number of aryl methyl sites for hydroxylation is 1. The van der Waals surface area contributed by atoms with Crippen molar-refractivity contribution in [3.05, 3.63) is 120 Å². The first-order chi connectivity index (χ1) is 22.8. The number of sulfonamides is 1. The average molecular weight is 688 g/mol. The van der Waals surface area contributed by atoms with Gasteiger partial charge in [-0.2, -0.15) is 0 Å². The molecule has 0 fully saturated rings. The number of rotatable bonds is 14. The molecule has 4 rings (SSSR count). The Balaban J connectivity index is 1.83. The number of carbonyl (C=O) groups excluding carboxylic acids is 2. The number of nitrogens with one attached hydrogen (secondary N) is 1. The van der Waals surface area contributed by atoms with Gasteiger partial charge in [-0.05, 0) is 106 Å². The van der Waals surface area contributed by atoms with Crippen molar-refractivity contribution in [2.24, 2.45) is 0 Å². The smallest absolute Gasteiger partial charge is 0.264 e. The molecule has 0 saturated heterocycles. The van der Waals surface area contributed by atoms with Crippen molar-refractivity contribution in [3.8, 4) is 5.75 Å². The molecule has 0 aromatic heterocycles. The second-order valence-electron chi connectivity index (χ2n) is 12.5. The zero-order valence-corrected chi connectivity index (χ0v) is 30.1. The highest BCUT2D eigenvalue weighted by molar-refractivity contribution is 7.98. The van der Waals surface area contributed by atoms with E-state index in [9.17, 15) is 18.0 Å². The number of amides is 2. The number of hydrogen-bond acceptors (Lipinski definition) is 6. The molecule has 0 aliphatic carbocycles. The lowest BCUT2D eigenvalue weighted by Gasteiger charge is -2.35. The molecule has 0 unspecified atom stereocenters. The van der Waals surface area contributed by atoms with E-state index in [-0.39, 0.29) is 23.8 Å². The zero-order chi connectivity index (χ0) is 34.9. The summed E-state index contributed by atoms with van der Waals surface area (Å²) in [5, 5.41) is 3.06. The SMILES string of the molecule is CCOc1ccc(N(CC(=O)N(Cc2ccccc2C)[C@@H](Cc2ccccc2)C(=O)NC(C)(C)C)S(=O)(=O)c2ccc(SC)cc2)cc1. The average Bonchev–Trinajstić information content (AvgIpc) is 3.06. The number of thioether (sulfide) groups is 1. The molecule has 0 bridgehead atoms. The van der Waals surface area contributed by atoms with Gasteiger partial charge in [0.15, 0.2) is 0 Å². The number of nitrogens with zero attached hydrogens (tertiary/aromatic N) is 2. The minimum atomic E-state index is -4.21. The third-order valence-electron chi connectivity index (χ3n) is 7.73. The molecule has 48 heavy (non-hydrogen) atoms. The van der Waals surface area contributed by atoms with Crippen LogP contribution in [0.3, 0.4) is 0 Å². The second-order valence-corrected chi connectivity index (χ2v) is 15.2. The maximum atomic E-state index is 14.7.